The van der Waals surface area contributed by atoms with E-state index in [1.54, 1.807) is 23.9 Å². The van der Waals surface area contributed by atoms with Crippen LogP contribution in [0.2, 0.25) is 0 Å². The number of fused-ring (bicyclic) bond motifs is 2. The Labute approximate surface area is 114 Å². The number of carbonyl (C=O) groups is 1. The molecule has 1 aliphatic rings. The van der Waals surface area contributed by atoms with E-state index in [4.69, 9.17) is 10.8 Å². The van der Waals surface area contributed by atoms with E-state index in [0.717, 1.165) is 26.6 Å². The molecule has 0 fully saturated rings. The minimum absolute atomic E-state index is 0.304. The summed E-state index contributed by atoms with van der Waals surface area (Å²) in [5.74, 6) is -0.908. The van der Waals surface area contributed by atoms with Crippen LogP contribution in [0.3, 0.4) is 0 Å². The van der Waals surface area contributed by atoms with Crippen molar-refractivity contribution in [2.75, 3.05) is 5.73 Å². The van der Waals surface area contributed by atoms with E-state index in [-0.39, 0.29) is 0 Å². The number of carboxylic acids is 1. The van der Waals surface area contributed by atoms with Crippen LogP contribution in [0, 0.1) is 0 Å². The van der Waals surface area contributed by atoms with Crippen molar-refractivity contribution in [1.82, 2.24) is 0 Å². The van der Waals surface area contributed by atoms with Gasteiger partial charge in [-0.25, -0.2) is 4.79 Å². The molecule has 0 saturated heterocycles. The fourth-order valence-electron chi connectivity index (χ4n) is 1.98. The van der Waals surface area contributed by atoms with Gasteiger partial charge in [0.2, 0.25) is 0 Å². The molecule has 0 radical (unpaired) electrons. The summed E-state index contributed by atoms with van der Waals surface area (Å²) in [6.45, 7) is 0. The largest absolute Gasteiger partial charge is 0.478 e. The van der Waals surface area contributed by atoms with E-state index in [9.17, 15) is 4.79 Å². The summed E-state index contributed by atoms with van der Waals surface area (Å²) in [6.07, 6.45) is 3.99. The van der Waals surface area contributed by atoms with Gasteiger partial charge in [0.15, 0.2) is 0 Å². The fourth-order valence-corrected chi connectivity index (χ4v) is 3.04. The number of hydrogen-bond donors (Lipinski definition) is 2. The molecule has 0 unspecified atom stereocenters. The van der Waals surface area contributed by atoms with Gasteiger partial charge in [-0.2, -0.15) is 0 Å². The minimum Gasteiger partial charge on any atom is -0.478 e. The molecule has 0 spiro atoms. The standard InChI is InChI=1S/C15H11NO2S/c16-12-5-6-13-10(7-12)3-1-9-2-4-11(15(17)18)8-14(9)19-13/h1-8H,16H2,(H,17,18). The van der Waals surface area contributed by atoms with Gasteiger partial charge in [0.25, 0.3) is 0 Å². The van der Waals surface area contributed by atoms with Crippen LogP contribution in [0.25, 0.3) is 12.2 Å². The number of nitrogen functional groups attached to an aromatic ring is 1. The molecule has 0 aromatic heterocycles. The van der Waals surface area contributed by atoms with E-state index in [1.165, 1.54) is 0 Å². The Balaban J connectivity index is 2.12. The molecule has 19 heavy (non-hydrogen) atoms. The molecule has 0 saturated carbocycles. The molecule has 2 aromatic carbocycles. The molecule has 0 amide bonds. The second-order valence-corrected chi connectivity index (χ2v) is 5.37. The Bertz CT molecular complexity index is 707. The van der Waals surface area contributed by atoms with E-state index in [2.05, 4.69) is 0 Å². The summed E-state index contributed by atoms with van der Waals surface area (Å²) < 4.78 is 0. The molecule has 4 heteroatoms. The highest BCUT2D eigenvalue weighted by atomic mass is 32.2. The zero-order valence-corrected chi connectivity index (χ0v) is 10.8. The molecule has 0 bridgehead atoms. The zero-order valence-electron chi connectivity index (χ0n) is 9.96. The Kier molecular flexibility index (Phi) is 2.80. The zero-order chi connectivity index (χ0) is 13.4. The average Bonchev–Trinajstić information content (AvgIpc) is 2.56. The smallest absolute Gasteiger partial charge is 0.335 e. The molecule has 94 valence electrons. The number of anilines is 1. The van der Waals surface area contributed by atoms with Crippen molar-refractivity contribution in [1.29, 1.82) is 0 Å². The molecule has 3 N–H and O–H groups in total. The fraction of sp³-hybridized carbons (Fsp3) is 0. The highest BCUT2D eigenvalue weighted by molar-refractivity contribution is 7.99. The molecule has 3 nitrogen and oxygen atoms in total. The second-order valence-electron chi connectivity index (χ2n) is 4.29. The van der Waals surface area contributed by atoms with Crippen molar-refractivity contribution in [3.63, 3.8) is 0 Å². The summed E-state index contributed by atoms with van der Waals surface area (Å²) in [4.78, 5) is 13.0. The lowest BCUT2D eigenvalue weighted by Gasteiger charge is -2.07. The first kappa shape index (κ1) is 11.9. The first-order valence-corrected chi connectivity index (χ1v) is 6.58. The number of rotatable bonds is 1. The van der Waals surface area contributed by atoms with E-state index >= 15 is 0 Å². The van der Waals surface area contributed by atoms with Gasteiger partial charge >= 0.3 is 5.97 Å². The first-order valence-electron chi connectivity index (χ1n) is 5.76. The lowest BCUT2D eigenvalue weighted by atomic mass is 10.1. The van der Waals surface area contributed by atoms with Crippen LogP contribution in [-0.2, 0) is 0 Å². The van der Waals surface area contributed by atoms with E-state index < -0.39 is 5.97 Å². The third kappa shape index (κ3) is 2.22. The quantitative estimate of drug-likeness (QED) is 0.662. The molecule has 1 aliphatic heterocycles. The topological polar surface area (TPSA) is 63.3 Å². The number of carboxylic acid groups (broad SMARTS) is 1. The van der Waals surface area contributed by atoms with Crippen molar-refractivity contribution in [2.45, 2.75) is 9.79 Å². The molecule has 3 rings (SSSR count). The maximum Gasteiger partial charge on any atom is 0.335 e. The number of aromatic carboxylic acids is 1. The predicted octanol–water partition coefficient (Wildman–Crippen LogP) is 3.60. The second kappa shape index (κ2) is 4.48. The van der Waals surface area contributed by atoms with Crippen LogP contribution < -0.4 is 5.73 Å². The highest BCUT2D eigenvalue weighted by Crippen LogP contribution is 2.38. The summed E-state index contributed by atoms with van der Waals surface area (Å²) in [7, 11) is 0. The van der Waals surface area contributed by atoms with Crippen LogP contribution in [-0.4, -0.2) is 11.1 Å². The van der Waals surface area contributed by atoms with Gasteiger partial charge in [-0.1, -0.05) is 30.0 Å². The van der Waals surface area contributed by atoms with Crippen molar-refractivity contribution < 1.29 is 9.90 Å². The number of benzene rings is 2. The minimum atomic E-state index is -0.908. The van der Waals surface area contributed by atoms with Gasteiger partial charge in [0.1, 0.15) is 0 Å². The van der Waals surface area contributed by atoms with Gasteiger partial charge < -0.3 is 10.8 Å². The third-order valence-corrected chi connectivity index (χ3v) is 4.12. The molecule has 0 aliphatic carbocycles. The van der Waals surface area contributed by atoms with Crippen LogP contribution >= 0.6 is 11.8 Å². The van der Waals surface area contributed by atoms with Crippen LogP contribution in [0.1, 0.15) is 21.5 Å². The normalized spacial score (nSPS) is 12.4. The Morgan fingerprint density at radius 2 is 1.79 bits per heavy atom. The highest BCUT2D eigenvalue weighted by Gasteiger charge is 2.12. The lowest BCUT2D eigenvalue weighted by Crippen LogP contribution is -1.96. The summed E-state index contributed by atoms with van der Waals surface area (Å²) in [5, 5.41) is 9.04. The van der Waals surface area contributed by atoms with Crippen LogP contribution in [0.4, 0.5) is 5.69 Å². The molecule has 1 heterocycles. The predicted molar refractivity (Wildman–Crippen MR) is 77.3 cm³/mol. The Hall–Kier alpha value is -2.20. The molecular weight excluding hydrogens is 258 g/mol. The van der Waals surface area contributed by atoms with Crippen molar-refractivity contribution in [3.8, 4) is 0 Å². The lowest BCUT2D eigenvalue weighted by molar-refractivity contribution is 0.0696. The van der Waals surface area contributed by atoms with Crippen molar-refractivity contribution in [3.05, 3.63) is 53.1 Å². The van der Waals surface area contributed by atoms with Crippen molar-refractivity contribution >= 4 is 35.6 Å². The molecule has 2 aromatic rings. The maximum atomic E-state index is 11.0. The van der Waals surface area contributed by atoms with Crippen LogP contribution in [0.15, 0.2) is 46.2 Å². The maximum absolute atomic E-state index is 11.0. The summed E-state index contributed by atoms with van der Waals surface area (Å²) in [6, 6.07) is 10.9. The summed E-state index contributed by atoms with van der Waals surface area (Å²) >= 11 is 1.56. The number of nitrogens with two attached hydrogens (primary N) is 1. The monoisotopic (exact) mass is 269 g/mol. The van der Waals surface area contributed by atoms with Crippen molar-refractivity contribution in [2.24, 2.45) is 0 Å². The van der Waals surface area contributed by atoms with Gasteiger partial charge in [-0.15, -0.1) is 0 Å². The molecular formula is C15H11NO2S. The first-order chi connectivity index (χ1) is 9.13. The van der Waals surface area contributed by atoms with Gasteiger partial charge in [-0.05, 0) is 41.5 Å². The van der Waals surface area contributed by atoms with Crippen LogP contribution in [0.5, 0.6) is 0 Å². The SMILES string of the molecule is Nc1ccc2c(c1)C=Cc1ccc(C(=O)O)cc1S2. The molecule has 0 atom stereocenters. The van der Waals surface area contributed by atoms with Gasteiger partial charge in [0, 0.05) is 15.5 Å². The van der Waals surface area contributed by atoms with E-state index in [1.807, 2.05) is 36.4 Å². The Morgan fingerprint density at radius 3 is 2.58 bits per heavy atom. The average molecular weight is 269 g/mol. The van der Waals surface area contributed by atoms with Gasteiger partial charge in [-0.3, -0.25) is 0 Å². The van der Waals surface area contributed by atoms with Gasteiger partial charge in [0.05, 0.1) is 5.56 Å². The summed E-state index contributed by atoms with van der Waals surface area (Å²) in [5.41, 5.74) is 8.88. The third-order valence-electron chi connectivity index (χ3n) is 2.96. The number of hydrogen-bond acceptors (Lipinski definition) is 3. The van der Waals surface area contributed by atoms with E-state index in [0.29, 0.717) is 5.56 Å². The Morgan fingerprint density at radius 1 is 1.00 bits per heavy atom.